The predicted octanol–water partition coefficient (Wildman–Crippen LogP) is 2.15. The highest BCUT2D eigenvalue weighted by molar-refractivity contribution is 7.88. The molecule has 1 fully saturated rings. The number of rotatable bonds is 6. The summed E-state index contributed by atoms with van der Waals surface area (Å²) in [7, 11) is -3.31. The van der Waals surface area contributed by atoms with Gasteiger partial charge in [-0.3, -0.25) is 4.79 Å². The summed E-state index contributed by atoms with van der Waals surface area (Å²) >= 11 is 1.32. The number of halogens is 2. The lowest BCUT2D eigenvalue weighted by atomic mass is 9.97. The third-order valence-corrected chi connectivity index (χ3v) is 7.53. The first-order valence-corrected chi connectivity index (χ1v) is 12.8. The maximum Gasteiger partial charge on any atom is 0.351 e. The van der Waals surface area contributed by atoms with Crippen molar-refractivity contribution in [3.05, 3.63) is 63.7 Å². The van der Waals surface area contributed by atoms with E-state index in [1.54, 1.807) is 17.5 Å². The normalized spacial score (nSPS) is 15.6. The number of nitrogens with one attached hydrogen (secondary N) is 1. The molecule has 0 saturated carbocycles. The molecule has 3 aromatic rings. The Morgan fingerprint density at radius 2 is 1.97 bits per heavy atom. The van der Waals surface area contributed by atoms with Gasteiger partial charge in [0.15, 0.2) is 0 Å². The Balaban J connectivity index is 1.60. The first-order chi connectivity index (χ1) is 15.6. The number of nitrogens with zero attached hydrogens (tertiary/aromatic N) is 4. The van der Waals surface area contributed by atoms with Crippen LogP contribution in [0.3, 0.4) is 0 Å². The molecule has 13 heteroatoms. The van der Waals surface area contributed by atoms with Gasteiger partial charge in [0.05, 0.1) is 11.9 Å². The van der Waals surface area contributed by atoms with Crippen LogP contribution in [0.15, 0.2) is 40.5 Å². The summed E-state index contributed by atoms with van der Waals surface area (Å²) in [5.41, 5.74) is -0.882. The summed E-state index contributed by atoms with van der Waals surface area (Å²) in [5.74, 6) is -2.02. The van der Waals surface area contributed by atoms with Crippen molar-refractivity contribution >= 4 is 33.0 Å². The van der Waals surface area contributed by atoms with E-state index in [1.807, 2.05) is 0 Å². The zero-order chi connectivity index (χ0) is 23.8. The van der Waals surface area contributed by atoms with Crippen molar-refractivity contribution in [2.24, 2.45) is 0 Å². The van der Waals surface area contributed by atoms with E-state index in [2.05, 4.69) is 10.4 Å². The van der Waals surface area contributed by atoms with Gasteiger partial charge in [-0.2, -0.15) is 5.10 Å². The van der Waals surface area contributed by atoms with Crippen LogP contribution in [-0.4, -0.2) is 52.3 Å². The Kier molecular flexibility index (Phi) is 6.45. The van der Waals surface area contributed by atoms with Gasteiger partial charge in [-0.1, -0.05) is 0 Å². The standard InChI is InChI=1S/C20H21F2N5O4S2/c1-33(30,31)25-8-6-13(7-9-25)19-24-26(20(29)27(19)18-3-2-10-32-18)12-17(28)23-16-11-14(21)4-5-15(16)22/h2-5,10-11,13H,6-9,12H2,1H3,(H,23,28). The maximum absolute atomic E-state index is 13.8. The summed E-state index contributed by atoms with van der Waals surface area (Å²) in [5, 5.41) is 9.05. The van der Waals surface area contributed by atoms with Crippen molar-refractivity contribution < 1.29 is 22.0 Å². The van der Waals surface area contributed by atoms with Crippen molar-refractivity contribution in [2.75, 3.05) is 24.7 Å². The van der Waals surface area contributed by atoms with Gasteiger partial charge in [0, 0.05) is 25.1 Å². The lowest BCUT2D eigenvalue weighted by Crippen LogP contribution is -2.37. The first-order valence-electron chi connectivity index (χ1n) is 10.1. The predicted molar refractivity (Wildman–Crippen MR) is 119 cm³/mol. The van der Waals surface area contributed by atoms with Crippen molar-refractivity contribution in [1.82, 2.24) is 18.7 Å². The second-order valence-corrected chi connectivity index (χ2v) is 10.6. The highest BCUT2D eigenvalue weighted by atomic mass is 32.2. The molecule has 0 unspecified atom stereocenters. The lowest BCUT2D eigenvalue weighted by molar-refractivity contribution is -0.117. The molecule has 1 saturated heterocycles. The van der Waals surface area contributed by atoms with Crippen LogP contribution in [0.5, 0.6) is 0 Å². The number of benzene rings is 1. The average Bonchev–Trinajstić information content (AvgIpc) is 3.38. The lowest BCUT2D eigenvalue weighted by Gasteiger charge is -2.29. The quantitative estimate of drug-likeness (QED) is 0.562. The summed E-state index contributed by atoms with van der Waals surface area (Å²) in [6, 6.07) is 6.19. The zero-order valence-corrected chi connectivity index (χ0v) is 19.2. The number of sulfonamides is 1. The van der Waals surface area contributed by atoms with Gasteiger partial charge >= 0.3 is 5.69 Å². The molecule has 9 nitrogen and oxygen atoms in total. The molecule has 2 aromatic heterocycles. The molecule has 0 aliphatic carbocycles. The van der Waals surface area contributed by atoms with Crippen LogP contribution in [0.2, 0.25) is 0 Å². The van der Waals surface area contributed by atoms with E-state index in [0.29, 0.717) is 36.8 Å². The molecule has 1 aliphatic rings. The molecule has 176 valence electrons. The van der Waals surface area contributed by atoms with Gasteiger partial charge in [0.2, 0.25) is 15.9 Å². The first kappa shape index (κ1) is 23.3. The fourth-order valence-electron chi connectivity index (χ4n) is 3.76. The van der Waals surface area contributed by atoms with Crippen LogP contribution in [0.1, 0.15) is 24.6 Å². The van der Waals surface area contributed by atoms with Gasteiger partial charge in [0.25, 0.3) is 0 Å². The molecule has 4 rings (SSSR count). The van der Waals surface area contributed by atoms with Crippen molar-refractivity contribution in [3.8, 4) is 5.00 Å². The number of hydrogen-bond acceptors (Lipinski definition) is 6. The molecule has 0 atom stereocenters. The largest absolute Gasteiger partial charge is 0.351 e. The van der Waals surface area contributed by atoms with E-state index in [4.69, 9.17) is 0 Å². The second kappa shape index (κ2) is 9.15. The fourth-order valence-corrected chi connectivity index (χ4v) is 5.37. The Morgan fingerprint density at radius 1 is 1.24 bits per heavy atom. The zero-order valence-electron chi connectivity index (χ0n) is 17.6. The Bertz CT molecular complexity index is 1330. The molecule has 1 aliphatic heterocycles. The van der Waals surface area contributed by atoms with Crippen LogP contribution in [0.4, 0.5) is 14.5 Å². The summed E-state index contributed by atoms with van der Waals surface area (Å²) < 4.78 is 54.6. The number of amides is 1. The number of hydrogen-bond donors (Lipinski definition) is 1. The van der Waals surface area contributed by atoms with Crippen LogP contribution in [0.25, 0.3) is 5.00 Å². The SMILES string of the molecule is CS(=O)(=O)N1CCC(c2nn(CC(=O)Nc3cc(F)ccc3F)c(=O)n2-c2cccs2)CC1. The molecule has 1 N–H and O–H groups in total. The summed E-state index contributed by atoms with van der Waals surface area (Å²) in [6.45, 7) is 0.102. The van der Waals surface area contributed by atoms with Crippen molar-refractivity contribution in [2.45, 2.75) is 25.3 Å². The van der Waals surface area contributed by atoms with Gasteiger partial charge in [-0.15, -0.1) is 11.3 Å². The van der Waals surface area contributed by atoms with E-state index < -0.39 is 39.8 Å². The van der Waals surface area contributed by atoms with Gasteiger partial charge in [0.1, 0.15) is 29.0 Å². The van der Waals surface area contributed by atoms with E-state index >= 15 is 0 Å². The molecule has 1 amide bonds. The molecular formula is C20H21F2N5O4S2. The smallest absolute Gasteiger partial charge is 0.322 e. The van der Waals surface area contributed by atoms with E-state index in [9.17, 15) is 26.8 Å². The third kappa shape index (κ3) is 5.04. The monoisotopic (exact) mass is 497 g/mol. The Labute approximate surface area is 192 Å². The van der Waals surface area contributed by atoms with Crippen LogP contribution in [-0.2, 0) is 21.4 Å². The molecule has 33 heavy (non-hydrogen) atoms. The third-order valence-electron chi connectivity index (χ3n) is 5.37. The number of piperidine rings is 1. The minimum Gasteiger partial charge on any atom is -0.322 e. The maximum atomic E-state index is 13.8. The second-order valence-electron chi connectivity index (χ2n) is 7.69. The van der Waals surface area contributed by atoms with Gasteiger partial charge < -0.3 is 5.32 Å². The molecule has 3 heterocycles. The Morgan fingerprint density at radius 3 is 2.61 bits per heavy atom. The Hall–Kier alpha value is -2.90. The fraction of sp³-hybridized carbons (Fsp3) is 0.350. The number of thiophene rings is 1. The van der Waals surface area contributed by atoms with E-state index in [-0.39, 0.29) is 11.6 Å². The van der Waals surface area contributed by atoms with Gasteiger partial charge in [-0.05, 0) is 42.5 Å². The topological polar surface area (TPSA) is 106 Å². The van der Waals surface area contributed by atoms with Gasteiger partial charge in [-0.25, -0.2) is 35.5 Å². The highest BCUT2D eigenvalue weighted by Crippen LogP contribution is 2.29. The number of carbonyl (C=O) groups excluding carboxylic acids is 1. The number of anilines is 1. The van der Waals surface area contributed by atoms with Crippen LogP contribution < -0.4 is 11.0 Å². The van der Waals surface area contributed by atoms with Crippen molar-refractivity contribution in [1.29, 1.82) is 0 Å². The number of carbonyl (C=O) groups is 1. The number of aromatic nitrogens is 3. The summed E-state index contributed by atoms with van der Waals surface area (Å²) in [6.07, 6.45) is 2.09. The highest BCUT2D eigenvalue weighted by Gasteiger charge is 2.31. The molecule has 0 spiro atoms. The minimum atomic E-state index is -3.31. The van der Waals surface area contributed by atoms with Crippen LogP contribution >= 0.6 is 11.3 Å². The molecular weight excluding hydrogens is 476 g/mol. The minimum absolute atomic E-state index is 0.192. The average molecular weight is 498 g/mol. The van der Waals surface area contributed by atoms with Crippen LogP contribution in [0, 0.1) is 11.6 Å². The molecule has 0 radical (unpaired) electrons. The van der Waals surface area contributed by atoms with Crippen molar-refractivity contribution in [3.63, 3.8) is 0 Å². The molecule has 1 aromatic carbocycles. The van der Waals surface area contributed by atoms with E-state index in [1.165, 1.54) is 20.2 Å². The summed E-state index contributed by atoms with van der Waals surface area (Å²) in [4.78, 5) is 25.6. The van der Waals surface area contributed by atoms with E-state index in [0.717, 1.165) is 29.1 Å². The molecule has 0 bridgehead atoms.